The van der Waals surface area contributed by atoms with E-state index < -0.39 is 11.9 Å². The van der Waals surface area contributed by atoms with Gasteiger partial charge in [0.15, 0.2) is 0 Å². The van der Waals surface area contributed by atoms with Crippen LogP contribution >= 0.6 is 11.3 Å². The van der Waals surface area contributed by atoms with Gasteiger partial charge in [-0.25, -0.2) is 4.98 Å². The first kappa shape index (κ1) is 16.5. The summed E-state index contributed by atoms with van der Waals surface area (Å²) in [6.45, 7) is 3.34. The van der Waals surface area contributed by atoms with E-state index in [-0.39, 0.29) is 5.56 Å². The van der Waals surface area contributed by atoms with E-state index >= 15 is 0 Å². The van der Waals surface area contributed by atoms with Gasteiger partial charge in [-0.1, -0.05) is 36.4 Å². The molecule has 0 saturated heterocycles. The van der Waals surface area contributed by atoms with Crippen LogP contribution in [0.25, 0.3) is 32.1 Å². The second kappa shape index (κ2) is 6.07. The van der Waals surface area contributed by atoms with Gasteiger partial charge in [-0.05, 0) is 36.2 Å². The van der Waals surface area contributed by atoms with Crippen molar-refractivity contribution in [1.29, 1.82) is 0 Å². The zero-order chi connectivity index (χ0) is 18.4. The molecule has 1 unspecified atom stereocenters. The number of aromatic nitrogens is 2. The summed E-state index contributed by atoms with van der Waals surface area (Å²) in [5.41, 5.74) is 6.97. The second-order valence-corrected chi connectivity index (χ2v) is 7.16. The number of primary amides is 1. The molecule has 0 radical (unpaired) electrons. The minimum atomic E-state index is -0.747. The first-order chi connectivity index (χ1) is 12.5. The summed E-state index contributed by atoms with van der Waals surface area (Å²) < 4.78 is 1.38. The van der Waals surface area contributed by atoms with Crippen LogP contribution in [0.1, 0.15) is 18.8 Å². The van der Waals surface area contributed by atoms with Crippen LogP contribution in [0.5, 0.6) is 0 Å². The van der Waals surface area contributed by atoms with E-state index in [9.17, 15) is 9.59 Å². The molecule has 0 aliphatic heterocycles. The number of carbonyl (C=O) groups is 1. The third-order valence-electron chi connectivity index (χ3n) is 4.68. The molecule has 26 heavy (non-hydrogen) atoms. The minimum Gasteiger partial charge on any atom is -0.368 e. The van der Waals surface area contributed by atoms with E-state index in [1.54, 1.807) is 13.8 Å². The topological polar surface area (TPSA) is 78.0 Å². The van der Waals surface area contributed by atoms with Crippen molar-refractivity contribution in [2.24, 2.45) is 5.73 Å². The Hall–Kier alpha value is -2.99. The summed E-state index contributed by atoms with van der Waals surface area (Å²) >= 11 is 1.43. The number of amides is 1. The number of aryl methyl sites for hydroxylation is 1. The van der Waals surface area contributed by atoms with Crippen molar-refractivity contribution in [1.82, 2.24) is 9.55 Å². The molecule has 0 aliphatic carbocycles. The number of carbonyl (C=O) groups excluding carboxylic acids is 1. The normalized spacial score (nSPS) is 12.5. The highest BCUT2D eigenvalue weighted by Gasteiger charge is 2.21. The highest BCUT2D eigenvalue weighted by atomic mass is 32.1. The van der Waals surface area contributed by atoms with Crippen molar-refractivity contribution in [3.63, 3.8) is 0 Å². The zero-order valence-electron chi connectivity index (χ0n) is 14.4. The van der Waals surface area contributed by atoms with Gasteiger partial charge in [-0.15, -0.1) is 11.3 Å². The molecule has 130 valence electrons. The molecule has 2 aromatic heterocycles. The lowest BCUT2D eigenvalue weighted by Gasteiger charge is -2.14. The number of nitrogens with two attached hydrogens (primary N) is 1. The smallest absolute Gasteiger partial charge is 0.263 e. The largest absolute Gasteiger partial charge is 0.368 e. The zero-order valence-corrected chi connectivity index (χ0v) is 15.2. The van der Waals surface area contributed by atoms with Gasteiger partial charge >= 0.3 is 0 Å². The van der Waals surface area contributed by atoms with Gasteiger partial charge < -0.3 is 5.73 Å². The van der Waals surface area contributed by atoms with Crippen molar-refractivity contribution in [3.05, 3.63) is 64.0 Å². The molecule has 2 aromatic carbocycles. The highest BCUT2D eigenvalue weighted by molar-refractivity contribution is 7.17. The Morgan fingerprint density at radius 1 is 1.19 bits per heavy atom. The summed E-state index contributed by atoms with van der Waals surface area (Å²) in [7, 11) is 0. The average Bonchev–Trinajstić information content (AvgIpc) is 3.05. The lowest BCUT2D eigenvalue weighted by atomic mass is 10.0. The molecule has 0 bridgehead atoms. The Morgan fingerprint density at radius 2 is 1.92 bits per heavy atom. The second-order valence-electron chi connectivity index (χ2n) is 6.30. The molecule has 1 atom stereocenters. The first-order valence-electron chi connectivity index (χ1n) is 8.26. The van der Waals surface area contributed by atoms with Gasteiger partial charge in [0.1, 0.15) is 16.7 Å². The molecule has 4 aromatic rings. The van der Waals surface area contributed by atoms with Crippen LogP contribution in [0.2, 0.25) is 0 Å². The third kappa shape index (κ3) is 2.50. The Morgan fingerprint density at radius 3 is 2.65 bits per heavy atom. The molecule has 6 heteroatoms. The van der Waals surface area contributed by atoms with Gasteiger partial charge in [0.05, 0.1) is 5.39 Å². The van der Waals surface area contributed by atoms with E-state index in [2.05, 4.69) is 17.1 Å². The molecular weight excluding hydrogens is 346 g/mol. The maximum absolute atomic E-state index is 13.1. The summed E-state index contributed by atoms with van der Waals surface area (Å²) in [5, 5.41) is 4.73. The molecule has 2 heterocycles. The maximum atomic E-state index is 13.1. The number of rotatable bonds is 3. The van der Waals surface area contributed by atoms with Gasteiger partial charge in [0.25, 0.3) is 5.56 Å². The molecule has 0 spiro atoms. The first-order valence-corrected chi connectivity index (χ1v) is 9.14. The average molecular weight is 363 g/mol. The summed E-state index contributed by atoms with van der Waals surface area (Å²) in [6, 6.07) is 13.5. The van der Waals surface area contributed by atoms with Crippen LogP contribution in [0.4, 0.5) is 0 Å². The highest BCUT2D eigenvalue weighted by Crippen LogP contribution is 2.33. The van der Waals surface area contributed by atoms with Crippen molar-refractivity contribution < 1.29 is 4.79 Å². The summed E-state index contributed by atoms with van der Waals surface area (Å²) in [4.78, 5) is 29.9. The fourth-order valence-corrected chi connectivity index (χ4v) is 4.24. The number of thiophene rings is 1. The minimum absolute atomic E-state index is 0.233. The van der Waals surface area contributed by atoms with Crippen molar-refractivity contribution in [2.75, 3.05) is 0 Å². The molecule has 2 N–H and O–H groups in total. The van der Waals surface area contributed by atoms with Crippen LogP contribution in [-0.4, -0.2) is 15.5 Å². The Bertz CT molecular complexity index is 1220. The predicted octanol–water partition coefficient (Wildman–Crippen LogP) is 3.63. The fraction of sp³-hybridized carbons (Fsp3) is 0.150. The van der Waals surface area contributed by atoms with Gasteiger partial charge in [0, 0.05) is 10.9 Å². The number of nitrogens with zero attached hydrogens (tertiary/aromatic N) is 2. The molecular formula is C20H17N3O2S. The van der Waals surface area contributed by atoms with Crippen LogP contribution in [-0.2, 0) is 4.79 Å². The number of benzene rings is 2. The van der Waals surface area contributed by atoms with E-state index in [1.165, 1.54) is 15.9 Å². The lowest BCUT2D eigenvalue weighted by molar-refractivity contribution is -0.120. The molecule has 0 saturated carbocycles. The Balaban J connectivity index is 2.00. The number of fused-ring (bicyclic) bond motifs is 2. The molecule has 0 fully saturated rings. The van der Waals surface area contributed by atoms with Crippen molar-refractivity contribution in [3.8, 4) is 11.1 Å². The van der Waals surface area contributed by atoms with Crippen LogP contribution in [0.15, 0.2) is 52.6 Å². The maximum Gasteiger partial charge on any atom is 0.263 e. The summed E-state index contributed by atoms with van der Waals surface area (Å²) in [5.74, 6) is -0.0699. The Labute approximate surface area is 153 Å². The fourth-order valence-electron chi connectivity index (χ4n) is 3.26. The van der Waals surface area contributed by atoms with Crippen LogP contribution in [0, 0.1) is 6.92 Å². The van der Waals surface area contributed by atoms with E-state index in [0.717, 1.165) is 21.9 Å². The molecule has 5 nitrogen and oxygen atoms in total. The SMILES string of the molecule is Cc1nc2scc(-c3ccc4ccccc4c3)c2c(=O)n1C(C)C(N)=O. The van der Waals surface area contributed by atoms with E-state index in [1.807, 2.05) is 35.7 Å². The number of hydrogen-bond donors (Lipinski definition) is 1. The molecule has 4 rings (SSSR count). The standard InChI is InChI=1S/C20H17N3O2S/c1-11(18(21)24)23-12(2)22-19-17(20(23)25)16(10-26-19)15-8-7-13-5-3-4-6-14(13)9-15/h3-11H,1-2H3,(H2,21,24). The molecule has 1 amide bonds. The van der Waals surface area contributed by atoms with Gasteiger partial charge in [0.2, 0.25) is 5.91 Å². The van der Waals surface area contributed by atoms with Crippen LogP contribution in [0.3, 0.4) is 0 Å². The van der Waals surface area contributed by atoms with Crippen LogP contribution < -0.4 is 11.3 Å². The van der Waals surface area contributed by atoms with E-state index in [4.69, 9.17) is 5.73 Å². The van der Waals surface area contributed by atoms with E-state index in [0.29, 0.717) is 16.0 Å². The molecule has 0 aliphatic rings. The third-order valence-corrected chi connectivity index (χ3v) is 5.55. The van der Waals surface area contributed by atoms with Gasteiger partial charge in [-0.2, -0.15) is 0 Å². The monoisotopic (exact) mass is 363 g/mol. The van der Waals surface area contributed by atoms with Crippen molar-refractivity contribution in [2.45, 2.75) is 19.9 Å². The van der Waals surface area contributed by atoms with Crippen molar-refractivity contribution >= 4 is 38.2 Å². The Kier molecular flexibility index (Phi) is 3.85. The summed E-state index contributed by atoms with van der Waals surface area (Å²) in [6.07, 6.45) is 0. The van der Waals surface area contributed by atoms with Gasteiger partial charge in [-0.3, -0.25) is 14.2 Å². The lowest BCUT2D eigenvalue weighted by Crippen LogP contribution is -2.34. The predicted molar refractivity (Wildman–Crippen MR) is 105 cm³/mol. The quantitative estimate of drug-likeness (QED) is 0.604. The number of hydrogen-bond acceptors (Lipinski definition) is 4.